The predicted molar refractivity (Wildman–Crippen MR) is 99.3 cm³/mol. The fraction of sp³-hybridized carbons (Fsp3) is 0.368. The molecule has 2 heterocycles. The van der Waals surface area contributed by atoms with E-state index in [-0.39, 0.29) is 29.9 Å². The zero-order valence-electron chi connectivity index (χ0n) is 14.7. The van der Waals surface area contributed by atoms with E-state index in [4.69, 9.17) is 4.42 Å². The van der Waals surface area contributed by atoms with Gasteiger partial charge in [0, 0.05) is 18.2 Å². The van der Waals surface area contributed by atoms with Gasteiger partial charge in [-0.15, -0.1) is 6.58 Å². The number of sulfone groups is 1. The van der Waals surface area contributed by atoms with Crippen LogP contribution in [-0.4, -0.2) is 48.3 Å². The normalized spacial score (nSPS) is 18.6. The van der Waals surface area contributed by atoms with E-state index in [1.807, 2.05) is 30.3 Å². The lowest BCUT2D eigenvalue weighted by Crippen LogP contribution is -2.42. The highest BCUT2D eigenvalue weighted by Gasteiger charge is 2.34. The Bertz CT molecular complexity index is 903. The molecule has 138 valence electrons. The van der Waals surface area contributed by atoms with Crippen LogP contribution >= 0.6 is 0 Å². The number of aromatic nitrogens is 1. The minimum atomic E-state index is -3.07. The van der Waals surface area contributed by atoms with Gasteiger partial charge in [0.2, 0.25) is 11.8 Å². The Hall–Kier alpha value is -2.41. The topological polar surface area (TPSA) is 80.5 Å². The molecule has 1 amide bonds. The summed E-state index contributed by atoms with van der Waals surface area (Å²) in [5.41, 5.74) is 1.42. The average Bonchev–Trinajstić information content (AvgIpc) is 3.16. The van der Waals surface area contributed by atoms with Crippen LogP contribution in [0.15, 0.2) is 47.4 Å². The summed E-state index contributed by atoms with van der Waals surface area (Å²) >= 11 is 0. The first-order chi connectivity index (χ1) is 12.4. The molecule has 3 rings (SSSR count). The monoisotopic (exact) mass is 374 g/mol. The largest absolute Gasteiger partial charge is 0.441 e. The first-order valence-electron chi connectivity index (χ1n) is 8.52. The summed E-state index contributed by atoms with van der Waals surface area (Å²) in [7, 11) is -3.07. The number of hydrogen-bond acceptors (Lipinski definition) is 5. The Morgan fingerprint density at radius 3 is 2.73 bits per heavy atom. The van der Waals surface area contributed by atoms with Crippen LogP contribution < -0.4 is 0 Å². The number of benzene rings is 1. The maximum Gasteiger partial charge on any atom is 0.229 e. The fourth-order valence-corrected chi connectivity index (χ4v) is 4.89. The molecule has 0 aliphatic carbocycles. The summed E-state index contributed by atoms with van der Waals surface area (Å²) in [6.45, 7) is 5.78. The van der Waals surface area contributed by atoms with Gasteiger partial charge in [-0.25, -0.2) is 13.4 Å². The highest BCUT2D eigenvalue weighted by Crippen LogP contribution is 2.23. The van der Waals surface area contributed by atoms with E-state index in [0.29, 0.717) is 30.3 Å². The van der Waals surface area contributed by atoms with Crippen molar-refractivity contribution in [2.45, 2.75) is 25.8 Å². The second-order valence-electron chi connectivity index (χ2n) is 6.46. The summed E-state index contributed by atoms with van der Waals surface area (Å²) in [4.78, 5) is 18.9. The average molecular weight is 374 g/mol. The molecular formula is C19H22N2O4S. The van der Waals surface area contributed by atoms with Gasteiger partial charge in [0.05, 0.1) is 23.6 Å². The first kappa shape index (κ1) is 18.4. The zero-order valence-corrected chi connectivity index (χ0v) is 15.5. The third-order valence-corrected chi connectivity index (χ3v) is 6.28. The summed E-state index contributed by atoms with van der Waals surface area (Å²) in [5, 5.41) is 0. The number of amides is 1. The molecule has 0 spiro atoms. The van der Waals surface area contributed by atoms with Crippen molar-refractivity contribution in [3.05, 3.63) is 54.4 Å². The molecule has 1 aromatic carbocycles. The molecule has 26 heavy (non-hydrogen) atoms. The van der Waals surface area contributed by atoms with E-state index in [2.05, 4.69) is 11.6 Å². The first-order valence-corrected chi connectivity index (χ1v) is 10.3. The van der Waals surface area contributed by atoms with Gasteiger partial charge in [-0.05, 0) is 25.5 Å². The van der Waals surface area contributed by atoms with Crippen molar-refractivity contribution < 1.29 is 17.6 Å². The van der Waals surface area contributed by atoms with Crippen molar-refractivity contribution in [3.8, 4) is 11.5 Å². The van der Waals surface area contributed by atoms with Gasteiger partial charge in [0.1, 0.15) is 5.76 Å². The molecule has 0 radical (unpaired) electrons. The minimum Gasteiger partial charge on any atom is -0.441 e. The van der Waals surface area contributed by atoms with Crippen molar-refractivity contribution in [1.29, 1.82) is 0 Å². The van der Waals surface area contributed by atoms with Crippen LogP contribution in [0.2, 0.25) is 0 Å². The summed E-state index contributed by atoms with van der Waals surface area (Å²) in [6, 6.07) is 9.19. The van der Waals surface area contributed by atoms with Gasteiger partial charge in [-0.3, -0.25) is 4.79 Å². The third kappa shape index (κ3) is 4.04. The zero-order chi connectivity index (χ0) is 18.7. The number of hydrogen-bond donors (Lipinski definition) is 0. The smallest absolute Gasteiger partial charge is 0.229 e. The van der Waals surface area contributed by atoms with E-state index in [9.17, 15) is 13.2 Å². The van der Waals surface area contributed by atoms with Crippen molar-refractivity contribution in [1.82, 2.24) is 9.88 Å². The van der Waals surface area contributed by atoms with Crippen LogP contribution in [0, 0.1) is 6.92 Å². The molecule has 6 nitrogen and oxygen atoms in total. The van der Waals surface area contributed by atoms with E-state index < -0.39 is 9.84 Å². The number of carbonyl (C=O) groups excluding carboxylic acids is 1. The van der Waals surface area contributed by atoms with Crippen LogP contribution in [0.4, 0.5) is 0 Å². The SMILES string of the molecule is C=CCN(C(=O)Cc1nc(-c2ccccc2)oc1C)[C@@H]1CCS(=O)(=O)C1. The quantitative estimate of drug-likeness (QED) is 0.725. The lowest BCUT2D eigenvalue weighted by atomic mass is 10.1. The predicted octanol–water partition coefficient (Wildman–Crippen LogP) is 2.39. The molecule has 0 bridgehead atoms. The summed E-state index contributed by atoms with van der Waals surface area (Å²) < 4.78 is 29.2. The van der Waals surface area contributed by atoms with Gasteiger partial charge >= 0.3 is 0 Å². The number of oxazole rings is 1. The van der Waals surface area contributed by atoms with Gasteiger partial charge in [0.15, 0.2) is 9.84 Å². The molecular weight excluding hydrogens is 352 g/mol. The Balaban J connectivity index is 1.77. The maximum absolute atomic E-state index is 12.8. The van der Waals surface area contributed by atoms with Crippen LogP contribution in [0.1, 0.15) is 17.9 Å². The van der Waals surface area contributed by atoms with E-state index >= 15 is 0 Å². The molecule has 0 unspecified atom stereocenters. The van der Waals surface area contributed by atoms with Crippen molar-refractivity contribution in [3.63, 3.8) is 0 Å². The molecule has 1 saturated heterocycles. The third-order valence-electron chi connectivity index (χ3n) is 4.53. The van der Waals surface area contributed by atoms with Crippen molar-refractivity contribution in [2.24, 2.45) is 0 Å². The summed E-state index contributed by atoms with van der Waals surface area (Å²) in [5.74, 6) is 1.04. The van der Waals surface area contributed by atoms with E-state index in [1.165, 1.54) is 0 Å². The second kappa shape index (κ2) is 7.45. The highest BCUT2D eigenvalue weighted by atomic mass is 32.2. The van der Waals surface area contributed by atoms with Crippen LogP contribution in [-0.2, 0) is 21.1 Å². The number of nitrogens with zero attached hydrogens (tertiary/aromatic N) is 2. The second-order valence-corrected chi connectivity index (χ2v) is 8.69. The number of carbonyl (C=O) groups is 1. The Labute approximate surface area is 153 Å². The Morgan fingerprint density at radius 2 is 2.12 bits per heavy atom. The number of rotatable bonds is 6. The van der Waals surface area contributed by atoms with Crippen molar-refractivity contribution >= 4 is 15.7 Å². The molecule has 1 fully saturated rings. The molecule has 0 saturated carbocycles. The Kier molecular flexibility index (Phi) is 5.27. The summed E-state index contributed by atoms with van der Waals surface area (Å²) in [6.07, 6.45) is 2.16. The maximum atomic E-state index is 12.8. The van der Waals surface area contributed by atoms with Crippen LogP contribution in [0.5, 0.6) is 0 Å². The molecule has 2 aromatic rings. The van der Waals surface area contributed by atoms with Gasteiger partial charge in [-0.2, -0.15) is 0 Å². The molecule has 1 atom stereocenters. The van der Waals surface area contributed by atoms with Gasteiger partial charge < -0.3 is 9.32 Å². The Morgan fingerprint density at radius 1 is 1.38 bits per heavy atom. The number of aryl methyl sites for hydroxylation is 1. The fourth-order valence-electron chi connectivity index (χ4n) is 3.16. The van der Waals surface area contributed by atoms with Crippen LogP contribution in [0.3, 0.4) is 0 Å². The highest BCUT2D eigenvalue weighted by molar-refractivity contribution is 7.91. The molecule has 7 heteroatoms. The lowest BCUT2D eigenvalue weighted by Gasteiger charge is -2.26. The van der Waals surface area contributed by atoms with Gasteiger partial charge in [-0.1, -0.05) is 24.3 Å². The molecule has 1 aliphatic rings. The van der Waals surface area contributed by atoms with Gasteiger partial charge in [0.25, 0.3) is 0 Å². The van der Waals surface area contributed by atoms with E-state index in [1.54, 1.807) is 17.9 Å². The molecule has 0 N–H and O–H groups in total. The lowest BCUT2D eigenvalue weighted by molar-refractivity contribution is -0.131. The molecule has 1 aliphatic heterocycles. The molecule has 1 aromatic heterocycles. The van der Waals surface area contributed by atoms with Crippen molar-refractivity contribution in [2.75, 3.05) is 18.1 Å². The van der Waals surface area contributed by atoms with Crippen LogP contribution in [0.25, 0.3) is 11.5 Å². The minimum absolute atomic E-state index is 0.0135. The van der Waals surface area contributed by atoms with E-state index in [0.717, 1.165) is 5.56 Å². The standard InChI is InChI=1S/C19H22N2O4S/c1-3-10-21(16-9-11-26(23,24)13-16)18(22)12-17-14(2)25-19(20-17)15-7-5-4-6-8-15/h3-8,16H,1,9-13H2,2H3/t16-/m1/s1.